The molecule has 1 heteroatoms. The molecule has 0 bridgehead atoms. The molecule has 0 heterocycles. The first kappa shape index (κ1) is 29.2. The molecule has 0 N–H and O–H groups in total. The van der Waals surface area contributed by atoms with Gasteiger partial charge in [-0.15, -0.1) is 0 Å². The van der Waals surface area contributed by atoms with Crippen LogP contribution < -0.4 is 4.90 Å². The van der Waals surface area contributed by atoms with Crippen molar-refractivity contribution in [1.29, 1.82) is 0 Å². The summed E-state index contributed by atoms with van der Waals surface area (Å²) >= 11 is 0. The molecule has 0 radical (unpaired) electrons. The van der Waals surface area contributed by atoms with Crippen molar-refractivity contribution >= 4 is 70.9 Å². The van der Waals surface area contributed by atoms with Crippen LogP contribution in [-0.2, 0) is 0 Å². The Hall–Kier alpha value is -6.70. The van der Waals surface area contributed by atoms with Crippen molar-refractivity contribution < 1.29 is 0 Å². The monoisotopic (exact) mass is 647 g/mol. The number of nitrogens with zero attached hydrogens (tertiary/aromatic N) is 1. The van der Waals surface area contributed by atoms with E-state index in [-0.39, 0.29) is 0 Å². The molecular formula is C50H33N. The Morgan fingerprint density at radius 3 is 1.43 bits per heavy atom. The Morgan fingerprint density at radius 2 is 0.725 bits per heavy atom. The summed E-state index contributed by atoms with van der Waals surface area (Å²) in [5, 5.41) is 12.6. The van der Waals surface area contributed by atoms with Gasteiger partial charge in [0, 0.05) is 16.5 Å². The van der Waals surface area contributed by atoms with Gasteiger partial charge in [0.1, 0.15) is 0 Å². The van der Waals surface area contributed by atoms with Gasteiger partial charge >= 0.3 is 0 Å². The summed E-state index contributed by atoms with van der Waals surface area (Å²) in [5.74, 6) is 0. The van der Waals surface area contributed by atoms with Gasteiger partial charge in [-0.3, -0.25) is 0 Å². The van der Waals surface area contributed by atoms with E-state index in [0.717, 1.165) is 17.1 Å². The third-order valence-corrected chi connectivity index (χ3v) is 10.4. The van der Waals surface area contributed by atoms with Crippen molar-refractivity contribution in [2.75, 3.05) is 4.90 Å². The summed E-state index contributed by atoms with van der Waals surface area (Å²) in [6.07, 6.45) is 0. The molecule has 0 aliphatic heterocycles. The highest BCUT2D eigenvalue weighted by Crippen LogP contribution is 2.46. The minimum atomic E-state index is 1.12. The molecule has 0 aromatic heterocycles. The summed E-state index contributed by atoms with van der Waals surface area (Å²) in [6, 6.07) is 73.0. The molecule has 10 aromatic carbocycles. The number of hydrogen-bond acceptors (Lipinski definition) is 1. The Labute approximate surface area is 297 Å². The Bertz CT molecular complexity index is 2880. The van der Waals surface area contributed by atoms with Crippen molar-refractivity contribution in [3.63, 3.8) is 0 Å². The molecule has 0 saturated carbocycles. The van der Waals surface area contributed by atoms with E-state index in [1.54, 1.807) is 0 Å². The van der Waals surface area contributed by atoms with Crippen LogP contribution in [0.25, 0.3) is 76.1 Å². The van der Waals surface area contributed by atoms with Crippen LogP contribution in [0.15, 0.2) is 200 Å². The minimum Gasteiger partial charge on any atom is -0.309 e. The summed E-state index contributed by atoms with van der Waals surface area (Å²) < 4.78 is 0. The molecule has 0 spiro atoms. The van der Waals surface area contributed by atoms with Crippen LogP contribution in [0, 0.1) is 0 Å². The standard InChI is InChI=1S/C50H33N/c1-2-11-34(12-3-1)35-21-23-36(24-22-35)37-29-31-42(32-30-37)51(47-20-10-15-38-13-4-6-16-43(38)47)48-33-41-28-27-40-26-25-39-14-5-7-17-44(39)49(40)50(41)46-19-9-8-18-45(46)48/h1-33H. The van der Waals surface area contributed by atoms with E-state index >= 15 is 0 Å². The van der Waals surface area contributed by atoms with Crippen LogP contribution in [0.4, 0.5) is 17.1 Å². The van der Waals surface area contributed by atoms with Gasteiger partial charge in [0.2, 0.25) is 0 Å². The van der Waals surface area contributed by atoms with Gasteiger partial charge in [-0.2, -0.15) is 0 Å². The number of fused-ring (bicyclic) bond motifs is 8. The van der Waals surface area contributed by atoms with Crippen molar-refractivity contribution in [1.82, 2.24) is 0 Å². The highest BCUT2D eigenvalue weighted by atomic mass is 15.1. The summed E-state index contributed by atoms with van der Waals surface area (Å²) in [6.45, 7) is 0. The zero-order chi connectivity index (χ0) is 33.7. The van der Waals surface area contributed by atoms with E-state index < -0.39 is 0 Å². The van der Waals surface area contributed by atoms with Crippen molar-refractivity contribution in [3.8, 4) is 22.3 Å². The normalized spacial score (nSPS) is 11.5. The van der Waals surface area contributed by atoms with E-state index in [0.29, 0.717) is 0 Å². The van der Waals surface area contributed by atoms with Gasteiger partial charge in [0.15, 0.2) is 0 Å². The third-order valence-electron chi connectivity index (χ3n) is 10.4. The van der Waals surface area contributed by atoms with Gasteiger partial charge in [0.05, 0.1) is 11.4 Å². The highest BCUT2D eigenvalue weighted by molar-refractivity contribution is 6.29. The number of anilines is 3. The summed E-state index contributed by atoms with van der Waals surface area (Å²) in [7, 11) is 0. The minimum absolute atomic E-state index is 1.12. The number of rotatable bonds is 5. The fourth-order valence-electron chi connectivity index (χ4n) is 7.96. The SMILES string of the molecule is c1ccc(-c2ccc(-c3ccc(N(c4cccc5ccccc45)c4cc5ccc6ccc7ccccc7c6c5c5ccccc45)cc3)cc2)cc1. The molecular weight excluding hydrogens is 615 g/mol. The summed E-state index contributed by atoms with van der Waals surface area (Å²) in [4.78, 5) is 2.46. The molecule has 0 saturated heterocycles. The van der Waals surface area contributed by atoms with Crippen molar-refractivity contribution in [2.24, 2.45) is 0 Å². The maximum absolute atomic E-state index is 2.46. The lowest BCUT2D eigenvalue weighted by molar-refractivity contribution is 1.32. The molecule has 51 heavy (non-hydrogen) atoms. The molecule has 10 aromatic rings. The van der Waals surface area contributed by atoms with E-state index in [1.165, 1.54) is 76.1 Å². The van der Waals surface area contributed by atoms with Crippen LogP contribution in [0.1, 0.15) is 0 Å². The summed E-state index contributed by atoms with van der Waals surface area (Å²) in [5.41, 5.74) is 8.28. The quantitative estimate of drug-likeness (QED) is 0.168. The molecule has 238 valence electrons. The second kappa shape index (κ2) is 12.0. The smallest absolute Gasteiger partial charge is 0.0546 e. The third kappa shape index (κ3) is 4.94. The first-order valence-corrected chi connectivity index (χ1v) is 17.6. The second-order valence-electron chi connectivity index (χ2n) is 13.3. The van der Waals surface area contributed by atoms with Gasteiger partial charge in [-0.05, 0) is 89.6 Å². The molecule has 0 unspecified atom stereocenters. The topological polar surface area (TPSA) is 3.24 Å². The molecule has 0 atom stereocenters. The number of hydrogen-bond donors (Lipinski definition) is 0. The largest absolute Gasteiger partial charge is 0.309 e. The number of benzene rings is 10. The van der Waals surface area contributed by atoms with Crippen LogP contribution in [0.2, 0.25) is 0 Å². The van der Waals surface area contributed by atoms with Gasteiger partial charge in [-0.1, -0.05) is 176 Å². The predicted octanol–water partition coefficient (Wildman–Crippen LogP) is 14.3. The fourth-order valence-corrected chi connectivity index (χ4v) is 7.96. The predicted molar refractivity (Wildman–Crippen MR) is 220 cm³/mol. The zero-order valence-corrected chi connectivity index (χ0v) is 28.0. The van der Waals surface area contributed by atoms with Crippen LogP contribution >= 0.6 is 0 Å². The van der Waals surface area contributed by atoms with Gasteiger partial charge in [0.25, 0.3) is 0 Å². The van der Waals surface area contributed by atoms with E-state index in [9.17, 15) is 0 Å². The lowest BCUT2D eigenvalue weighted by Crippen LogP contribution is -2.11. The van der Waals surface area contributed by atoms with E-state index in [2.05, 4.69) is 205 Å². The fraction of sp³-hybridized carbons (Fsp3) is 0. The van der Waals surface area contributed by atoms with E-state index in [4.69, 9.17) is 0 Å². The first-order chi connectivity index (χ1) is 25.3. The Morgan fingerprint density at radius 1 is 0.255 bits per heavy atom. The van der Waals surface area contributed by atoms with Crippen molar-refractivity contribution in [2.45, 2.75) is 0 Å². The molecule has 0 aliphatic rings. The molecule has 0 amide bonds. The maximum atomic E-state index is 2.46. The average molecular weight is 648 g/mol. The Kier molecular flexibility index (Phi) is 6.89. The van der Waals surface area contributed by atoms with Crippen LogP contribution in [0.3, 0.4) is 0 Å². The molecule has 1 nitrogen and oxygen atoms in total. The average Bonchev–Trinajstić information content (AvgIpc) is 3.21. The second-order valence-corrected chi connectivity index (χ2v) is 13.3. The van der Waals surface area contributed by atoms with Crippen LogP contribution in [-0.4, -0.2) is 0 Å². The van der Waals surface area contributed by atoms with Gasteiger partial charge in [-0.25, -0.2) is 0 Å². The molecule has 10 rings (SSSR count). The molecule has 0 fully saturated rings. The zero-order valence-electron chi connectivity index (χ0n) is 28.0. The highest BCUT2D eigenvalue weighted by Gasteiger charge is 2.20. The molecule has 0 aliphatic carbocycles. The van der Waals surface area contributed by atoms with Crippen LogP contribution in [0.5, 0.6) is 0 Å². The van der Waals surface area contributed by atoms with Gasteiger partial charge < -0.3 is 4.90 Å². The Balaban J connectivity index is 1.19. The van der Waals surface area contributed by atoms with Crippen molar-refractivity contribution in [3.05, 3.63) is 200 Å². The lowest BCUT2D eigenvalue weighted by Gasteiger charge is -2.29. The maximum Gasteiger partial charge on any atom is 0.0546 e. The van der Waals surface area contributed by atoms with E-state index in [1.807, 2.05) is 0 Å². The first-order valence-electron chi connectivity index (χ1n) is 17.6. The lowest BCUT2D eigenvalue weighted by atomic mass is 9.91.